The number of carbonyl (C=O) groups excluding carboxylic acids is 1. The molecule has 0 unspecified atom stereocenters. The van der Waals surface area contributed by atoms with Crippen LogP contribution in [0.4, 0.5) is 4.79 Å². The molecule has 0 saturated carbocycles. The summed E-state index contributed by atoms with van der Waals surface area (Å²) >= 11 is 1.77. The maximum absolute atomic E-state index is 12.6. The quantitative estimate of drug-likeness (QED) is 0.538. The number of hydrogen-bond donors (Lipinski definition) is 1. The molecule has 0 bridgehead atoms. The fraction of sp³-hybridized carbons (Fsp3) is 0.304. The van der Waals surface area contributed by atoms with E-state index in [1.807, 2.05) is 29.3 Å². The highest BCUT2D eigenvalue weighted by Crippen LogP contribution is 2.25. The minimum atomic E-state index is 0.0434. The van der Waals surface area contributed by atoms with Crippen LogP contribution >= 0.6 is 11.3 Å². The first kappa shape index (κ1) is 19.1. The molecular formula is C23H25N5OS. The van der Waals surface area contributed by atoms with E-state index in [-0.39, 0.29) is 6.03 Å². The summed E-state index contributed by atoms with van der Waals surface area (Å²) in [4.78, 5) is 21.5. The topological polar surface area (TPSA) is 52.9 Å². The van der Waals surface area contributed by atoms with Crippen LogP contribution < -0.4 is 5.32 Å². The van der Waals surface area contributed by atoms with Crippen molar-refractivity contribution in [2.45, 2.75) is 13.0 Å². The number of benzene rings is 1. The van der Waals surface area contributed by atoms with Crippen LogP contribution in [0.2, 0.25) is 0 Å². The molecule has 1 fully saturated rings. The Morgan fingerprint density at radius 3 is 2.77 bits per heavy atom. The first-order valence-electron chi connectivity index (χ1n) is 10.4. The molecule has 6 nitrogen and oxygen atoms in total. The normalized spacial score (nSPS) is 15.1. The Bertz CT molecular complexity index is 1130. The molecule has 1 saturated heterocycles. The standard InChI is InChI=1S/C23H25N5OS/c29-23(24-9-8-18-17-30-21-6-2-1-5-20(18)21)27-13-11-26(12-14-27)15-19-16-28-10-4-3-7-22(28)25-19/h1-7,10,16-17H,8-9,11-15H2,(H,24,29). The van der Waals surface area contributed by atoms with Gasteiger partial charge in [-0.1, -0.05) is 24.3 Å². The molecular weight excluding hydrogens is 394 g/mol. The van der Waals surface area contributed by atoms with Crippen LogP contribution in [0.25, 0.3) is 15.7 Å². The van der Waals surface area contributed by atoms with Crippen molar-refractivity contribution < 1.29 is 4.79 Å². The second-order valence-corrected chi connectivity index (χ2v) is 8.61. The molecule has 1 N–H and O–H groups in total. The lowest BCUT2D eigenvalue weighted by molar-refractivity contribution is 0.134. The average molecular weight is 420 g/mol. The van der Waals surface area contributed by atoms with Crippen molar-refractivity contribution in [1.82, 2.24) is 24.5 Å². The second kappa shape index (κ2) is 8.45. The first-order chi connectivity index (χ1) is 14.8. The first-order valence-corrected chi connectivity index (χ1v) is 11.3. The summed E-state index contributed by atoms with van der Waals surface area (Å²) in [5, 5.41) is 6.60. The molecule has 7 heteroatoms. The van der Waals surface area contributed by atoms with Gasteiger partial charge in [-0.25, -0.2) is 9.78 Å². The molecule has 0 radical (unpaired) electrons. The van der Waals surface area contributed by atoms with Gasteiger partial charge in [-0.15, -0.1) is 11.3 Å². The molecule has 0 spiro atoms. The summed E-state index contributed by atoms with van der Waals surface area (Å²) in [5.74, 6) is 0. The Balaban J connectivity index is 1.09. The van der Waals surface area contributed by atoms with Crippen LogP contribution in [0, 0.1) is 0 Å². The van der Waals surface area contributed by atoms with E-state index >= 15 is 0 Å². The van der Waals surface area contributed by atoms with Crippen molar-refractivity contribution in [1.29, 1.82) is 0 Å². The van der Waals surface area contributed by atoms with Crippen LogP contribution in [-0.2, 0) is 13.0 Å². The third kappa shape index (κ3) is 4.04. The Morgan fingerprint density at radius 1 is 1.07 bits per heavy atom. The summed E-state index contributed by atoms with van der Waals surface area (Å²) in [5.41, 5.74) is 3.36. The highest BCUT2D eigenvalue weighted by molar-refractivity contribution is 7.17. The Morgan fingerprint density at radius 2 is 1.90 bits per heavy atom. The zero-order valence-electron chi connectivity index (χ0n) is 16.8. The third-order valence-electron chi connectivity index (χ3n) is 5.69. The number of nitrogens with one attached hydrogen (secondary N) is 1. The maximum Gasteiger partial charge on any atom is 0.317 e. The highest BCUT2D eigenvalue weighted by atomic mass is 32.1. The van der Waals surface area contributed by atoms with Gasteiger partial charge < -0.3 is 14.6 Å². The number of pyridine rings is 1. The molecule has 1 aliphatic heterocycles. The zero-order chi connectivity index (χ0) is 20.3. The number of amides is 2. The molecule has 0 aliphatic carbocycles. The van der Waals surface area contributed by atoms with Gasteiger partial charge in [-0.3, -0.25) is 4.90 Å². The van der Waals surface area contributed by atoms with E-state index in [2.05, 4.69) is 55.4 Å². The summed E-state index contributed by atoms with van der Waals surface area (Å²) in [6, 6.07) is 14.5. The van der Waals surface area contributed by atoms with Crippen molar-refractivity contribution in [3.05, 3.63) is 71.5 Å². The minimum Gasteiger partial charge on any atom is -0.338 e. The summed E-state index contributed by atoms with van der Waals surface area (Å²) in [6.45, 7) is 4.73. The summed E-state index contributed by atoms with van der Waals surface area (Å²) in [7, 11) is 0. The predicted octanol–water partition coefficient (Wildman–Crippen LogP) is 3.62. The number of piperazine rings is 1. The Labute approximate surface area is 179 Å². The molecule has 1 aromatic carbocycles. The molecule has 3 aromatic heterocycles. The van der Waals surface area contributed by atoms with Crippen molar-refractivity contribution in [2.75, 3.05) is 32.7 Å². The van der Waals surface area contributed by atoms with E-state index in [1.165, 1.54) is 15.6 Å². The number of rotatable bonds is 5. The number of carbonyl (C=O) groups is 1. The van der Waals surface area contributed by atoms with Gasteiger partial charge in [0.15, 0.2) is 0 Å². The fourth-order valence-corrected chi connectivity index (χ4v) is 5.04. The van der Waals surface area contributed by atoms with Gasteiger partial charge in [0.1, 0.15) is 5.65 Å². The fourth-order valence-electron chi connectivity index (χ4n) is 4.04. The summed E-state index contributed by atoms with van der Waals surface area (Å²) < 4.78 is 3.36. The zero-order valence-corrected chi connectivity index (χ0v) is 17.6. The lowest BCUT2D eigenvalue weighted by Gasteiger charge is -2.34. The third-order valence-corrected chi connectivity index (χ3v) is 6.70. The monoisotopic (exact) mass is 419 g/mol. The molecule has 1 aliphatic rings. The van der Waals surface area contributed by atoms with Gasteiger partial charge in [0.2, 0.25) is 0 Å². The number of urea groups is 1. The number of hydrogen-bond acceptors (Lipinski definition) is 4. The van der Waals surface area contributed by atoms with Crippen molar-refractivity contribution in [3.63, 3.8) is 0 Å². The van der Waals surface area contributed by atoms with Gasteiger partial charge >= 0.3 is 6.03 Å². The minimum absolute atomic E-state index is 0.0434. The largest absolute Gasteiger partial charge is 0.338 e. The number of nitrogens with zero attached hydrogens (tertiary/aromatic N) is 4. The molecule has 4 aromatic rings. The molecule has 2 amide bonds. The van der Waals surface area contributed by atoms with Crippen LogP contribution in [0.5, 0.6) is 0 Å². The SMILES string of the molecule is O=C(NCCc1csc2ccccc12)N1CCN(Cc2cn3ccccc3n2)CC1. The van der Waals surface area contributed by atoms with E-state index < -0.39 is 0 Å². The molecule has 0 atom stereocenters. The van der Waals surface area contributed by atoms with E-state index in [0.29, 0.717) is 6.54 Å². The molecule has 5 rings (SSSR count). The van der Waals surface area contributed by atoms with Gasteiger partial charge in [-0.05, 0) is 40.9 Å². The van der Waals surface area contributed by atoms with Gasteiger partial charge in [0.05, 0.1) is 5.69 Å². The van der Waals surface area contributed by atoms with Crippen molar-refractivity contribution in [3.8, 4) is 0 Å². The highest BCUT2D eigenvalue weighted by Gasteiger charge is 2.21. The lowest BCUT2D eigenvalue weighted by atomic mass is 10.1. The smallest absolute Gasteiger partial charge is 0.317 e. The Kier molecular flexibility index (Phi) is 5.38. The van der Waals surface area contributed by atoms with Gasteiger partial charge in [0.25, 0.3) is 0 Å². The maximum atomic E-state index is 12.6. The van der Waals surface area contributed by atoms with E-state index in [4.69, 9.17) is 0 Å². The van der Waals surface area contributed by atoms with Crippen LogP contribution in [0.1, 0.15) is 11.3 Å². The lowest BCUT2D eigenvalue weighted by Crippen LogP contribution is -2.51. The molecule has 30 heavy (non-hydrogen) atoms. The number of fused-ring (bicyclic) bond motifs is 2. The number of aromatic nitrogens is 2. The van der Waals surface area contributed by atoms with Gasteiger partial charge in [-0.2, -0.15) is 0 Å². The van der Waals surface area contributed by atoms with E-state index in [1.54, 1.807) is 11.3 Å². The van der Waals surface area contributed by atoms with Crippen LogP contribution in [0.15, 0.2) is 60.2 Å². The predicted molar refractivity (Wildman–Crippen MR) is 121 cm³/mol. The van der Waals surface area contributed by atoms with Crippen molar-refractivity contribution >= 4 is 33.1 Å². The number of imidazole rings is 1. The van der Waals surface area contributed by atoms with Crippen LogP contribution in [0.3, 0.4) is 0 Å². The van der Waals surface area contributed by atoms with E-state index in [9.17, 15) is 4.79 Å². The molecule has 154 valence electrons. The van der Waals surface area contributed by atoms with Crippen LogP contribution in [-0.4, -0.2) is 57.9 Å². The van der Waals surface area contributed by atoms with Gasteiger partial charge in [0, 0.05) is 56.4 Å². The molecule has 4 heterocycles. The Hall–Kier alpha value is -2.90. The second-order valence-electron chi connectivity index (χ2n) is 7.70. The average Bonchev–Trinajstić information content (AvgIpc) is 3.38. The van der Waals surface area contributed by atoms with E-state index in [0.717, 1.165) is 50.5 Å². The number of thiophene rings is 1. The summed E-state index contributed by atoms with van der Waals surface area (Å²) in [6.07, 6.45) is 4.97. The van der Waals surface area contributed by atoms with Crippen molar-refractivity contribution in [2.24, 2.45) is 0 Å².